The van der Waals surface area contributed by atoms with Crippen LogP contribution in [0.2, 0.25) is 0 Å². The van der Waals surface area contributed by atoms with Crippen LogP contribution in [0, 0.1) is 17.2 Å². The summed E-state index contributed by atoms with van der Waals surface area (Å²) in [6.07, 6.45) is 0.591. The van der Waals surface area contributed by atoms with Crippen LogP contribution < -0.4 is 0 Å². The molecule has 1 aromatic heterocycles. The molecule has 86 valence electrons. The standard InChI is InChI=1S/C11H14N2O3/c1-4-15-11(14)10-8(6-12)13-9(16-10)5-7(2)3/h7H,4-5H2,1-3H3. The molecular weight excluding hydrogens is 208 g/mol. The van der Waals surface area contributed by atoms with E-state index < -0.39 is 5.97 Å². The van der Waals surface area contributed by atoms with Crippen molar-refractivity contribution in [1.29, 1.82) is 5.26 Å². The molecule has 1 heterocycles. The molecule has 0 aliphatic heterocycles. The van der Waals surface area contributed by atoms with Gasteiger partial charge in [-0.3, -0.25) is 0 Å². The van der Waals surface area contributed by atoms with Crippen LogP contribution in [0.1, 0.15) is 42.9 Å². The van der Waals surface area contributed by atoms with Crippen LogP contribution in [0.15, 0.2) is 4.42 Å². The molecule has 1 aromatic rings. The van der Waals surface area contributed by atoms with E-state index in [2.05, 4.69) is 4.98 Å². The van der Waals surface area contributed by atoms with Gasteiger partial charge in [0.1, 0.15) is 6.07 Å². The third kappa shape index (κ3) is 2.83. The highest BCUT2D eigenvalue weighted by atomic mass is 16.5. The monoisotopic (exact) mass is 222 g/mol. The molecule has 0 aliphatic rings. The highest BCUT2D eigenvalue weighted by Gasteiger charge is 2.21. The Morgan fingerprint density at radius 1 is 1.62 bits per heavy atom. The Morgan fingerprint density at radius 3 is 2.81 bits per heavy atom. The summed E-state index contributed by atoms with van der Waals surface area (Å²) in [5, 5.41) is 8.80. The van der Waals surface area contributed by atoms with Gasteiger partial charge in [0.2, 0.25) is 5.76 Å². The zero-order chi connectivity index (χ0) is 12.1. The number of hydrogen-bond acceptors (Lipinski definition) is 5. The molecule has 0 amide bonds. The number of nitriles is 1. The second-order valence-corrected chi connectivity index (χ2v) is 3.72. The number of rotatable bonds is 4. The van der Waals surface area contributed by atoms with Crippen LogP contribution in [-0.4, -0.2) is 17.6 Å². The lowest BCUT2D eigenvalue weighted by Crippen LogP contribution is -2.05. The van der Waals surface area contributed by atoms with Gasteiger partial charge < -0.3 is 9.15 Å². The third-order valence-electron chi connectivity index (χ3n) is 1.82. The Morgan fingerprint density at radius 2 is 2.31 bits per heavy atom. The number of esters is 1. The largest absolute Gasteiger partial charge is 0.460 e. The van der Waals surface area contributed by atoms with Gasteiger partial charge in [-0.2, -0.15) is 5.26 Å². The summed E-state index contributed by atoms with van der Waals surface area (Å²) in [5.74, 6) is 0.0106. The molecule has 5 nitrogen and oxygen atoms in total. The van der Waals surface area contributed by atoms with Crippen molar-refractivity contribution in [3.63, 3.8) is 0 Å². The van der Waals surface area contributed by atoms with Crippen molar-refractivity contribution in [3.8, 4) is 6.07 Å². The average Bonchev–Trinajstić information content (AvgIpc) is 2.60. The minimum atomic E-state index is -0.637. The predicted molar refractivity (Wildman–Crippen MR) is 55.7 cm³/mol. The summed E-state index contributed by atoms with van der Waals surface area (Å²) in [4.78, 5) is 15.4. The normalized spacial score (nSPS) is 10.2. The van der Waals surface area contributed by atoms with E-state index in [4.69, 9.17) is 14.4 Å². The number of oxazole rings is 1. The Hall–Kier alpha value is -1.83. The first-order valence-electron chi connectivity index (χ1n) is 5.15. The SMILES string of the molecule is CCOC(=O)c1oc(CC(C)C)nc1C#N. The molecule has 0 saturated carbocycles. The lowest BCUT2D eigenvalue weighted by atomic mass is 10.1. The molecule has 0 aromatic carbocycles. The second-order valence-electron chi connectivity index (χ2n) is 3.72. The van der Waals surface area contributed by atoms with Gasteiger partial charge in [-0.25, -0.2) is 9.78 Å². The number of nitrogens with zero attached hydrogens (tertiary/aromatic N) is 2. The average molecular weight is 222 g/mol. The van der Waals surface area contributed by atoms with E-state index >= 15 is 0 Å². The van der Waals surface area contributed by atoms with Gasteiger partial charge in [-0.1, -0.05) is 13.8 Å². The minimum Gasteiger partial charge on any atom is -0.460 e. The Kier molecular flexibility index (Phi) is 4.06. The Balaban J connectivity index is 2.96. The number of carbonyl (C=O) groups is 1. The Bertz CT molecular complexity index is 415. The lowest BCUT2D eigenvalue weighted by molar-refractivity contribution is 0.0487. The number of carbonyl (C=O) groups excluding carboxylic acids is 1. The van der Waals surface area contributed by atoms with Crippen LogP contribution in [0.25, 0.3) is 0 Å². The first-order valence-corrected chi connectivity index (χ1v) is 5.15. The van der Waals surface area contributed by atoms with E-state index in [0.717, 1.165) is 0 Å². The van der Waals surface area contributed by atoms with Gasteiger partial charge in [0.15, 0.2) is 11.6 Å². The summed E-state index contributed by atoms with van der Waals surface area (Å²) in [5.41, 5.74) is -0.00546. The van der Waals surface area contributed by atoms with E-state index in [1.54, 1.807) is 6.92 Å². The van der Waals surface area contributed by atoms with Crippen LogP contribution in [0.3, 0.4) is 0 Å². The third-order valence-corrected chi connectivity index (χ3v) is 1.82. The van der Waals surface area contributed by atoms with E-state index in [9.17, 15) is 4.79 Å². The molecule has 1 rings (SSSR count). The highest BCUT2D eigenvalue weighted by Crippen LogP contribution is 2.14. The molecule has 16 heavy (non-hydrogen) atoms. The van der Waals surface area contributed by atoms with Crippen molar-refractivity contribution < 1.29 is 13.9 Å². The van der Waals surface area contributed by atoms with Crippen LogP contribution in [0.5, 0.6) is 0 Å². The molecule has 0 unspecified atom stereocenters. The quantitative estimate of drug-likeness (QED) is 0.727. The first kappa shape index (κ1) is 12.2. The highest BCUT2D eigenvalue weighted by molar-refractivity contribution is 5.88. The molecule has 0 saturated heterocycles. The van der Waals surface area contributed by atoms with Crippen molar-refractivity contribution in [2.45, 2.75) is 27.2 Å². The van der Waals surface area contributed by atoms with Gasteiger partial charge in [0, 0.05) is 6.42 Å². The van der Waals surface area contributed by atoms with Gasteiger partial charge in [-0.15, -0.1) is 0 Å². The molecule has 0 spiro atoms. The van der Waals surface area contributed by atoms with Crippen LogP contribution >= 0.6 is 0 Å². The molecule has 0 fully saturated rings. The molecular formula is C11H14N2O3. The summed E-state index contributed by atoms with van der Waals surface area (Å²) in [7, 11) is 0. The Labute approximate surface area is 94.0 Å². The van der Waals surface area contributed by atoms with Gasteiger partial charge >= 0.3 is 5.97 Å². The summed E-state index contributed by atoms with van der Waals surface area (Å²) < 4.78 is 9.99. The maximum absolute atomic E-state index is 11.4. The first-order chi connectivity index (χ1) is 7.58. The number of hydrogen-bond donors (Lipinski definition) is 0. The second kappa shape index (κ2) is 5.31. The minimum absolute atomic E-state index is 0.00546. The van der Waals surface area contributed by atoms with Crippen molar-refractivity contribution in [2.75, 3.05) is 6.61 Å². The molecule has 0 atom stereocenters. The van der Waals surface area contributed by atoms with Crippen LogP contribution in [-0.2, 0) is 11.2 Å². The molecule has 0 bridgehead atoms. The maximum atomic E-state index is 11.4. The molecule has 0 aliphatic carbocycles. The van der Waals surface area contributed by atoms with Crippen molar-refractivity contribution in [1.82, 2.24) is 4.98 Å². The zero-order valence-corrected chi connectivity index (χ0v) is 9.61. The smallest absolute Gasteiger partial charge is 0.377 e. The lowest BCUT2D eigenvalue weighted by Gasteiger charge is -1.98. The summed E-state index contributed by atoms with van der Waals surface area (Å²) in [6, 6.07) is 1.82. The molecule has 0 N–H and O–H groups in total. The van der Waals surface area contributed by atoms with Crippen molar-refractivity contribution in [2.24, 2.45) is 5.92 Å². The summed E-state index contributed by atoms with van der Waals surface area (Å²) >= 11 is 0. The van der Waals surface area contributed by atoms with Gasteiger partial charge in [0.05, 0.1) is 6.61 Å². The molecule has 5 heteroatoms. The fourth-order valence-electron chi connectivity index (χ4n) is 1.21. The van der Waals surface area contributed by atoms with E-state index in [-0.39, 0.29) is 18.1 Å². The molecule has 0 radical (unpaired) electrons. The van der Waals surface area contributed by atoms with E-state index in [1.807, 2.05) is 19.9 Å². The van der Waals surface area contributed by atoms with Crippen molar-refractivity contribution >= 4 is 5.97 Å². The summed E-state index contributed by atoms with van der Waals surface area (Å²) in [6.45, 7) is 5.93. The van der Waals surface area contributed by atoms with Crippen LogP contribution in [0.4, 0.5) is 0 Å². The number of aromatic nitrogens is 1. The number of ether oxygens (including phenoxy) is 1. The maximum Gasteiger partial charge on any atom is 0.377 e. The fourth-order valence-corrected chi connectivity index (χ4v) is 1.21. The zero-order valence-electron chi connectivity index (χ0n) is 9.61. The van der Waals surface area contributed by atoms with E-state index in [0.29, 0.717) is 18.2 Å². The van der Waals surface area contributed by atoms with E-state index in [1.165, 1.54) is 0 Å². The predicted octanol–water partition coefficient (Wildman–Crippen LogP) is 1.92. The van der Waals surface area contributed by atoms with Gasteiger partial charge in [-0.05, 0) is 12.8 Å². The topological polar surface area (TPSA) is 76.1 Å². The van der Waals surface area contributed by atoms with Crippen molar-refractivity contribution in [3.05, 3.63) is 17.3 Å². The fraction of sp³-hybridized carbons (Fsp3) is 0.545. The van der Waals surface area contributed by atoms with Gasteiger partial charge in [0.25, 0.3) is 0 Å².